The molecule has 6 heteroatoms. The summed E-state index contributed by atoms with van der Waals surface area (Å²) in [4.78, 5) is 61.0. The van der Waals surface area contributed by atoms with Gasteiger partial charge in [0, 0.05) is 22.3 Å². The molecule has 0 bridgehead atoms. The Kier molecular flexibility index (Phi) is 9.31. The van der Waals surface area contributed by atoms with Gasteiger partial charge in [0.05, 0.1) is 13.1 Å². The highest BCUT2D eigenvalue weighted by Gasteiger charge is 2.30. The molecule has 4 amide bonds. The molecule has 0 heterocycles. The Hall–Kier alpha value is -7.18. The van der Waals surface area contributed by atoms with Gasteiger partial charge < -0.3 is 0 Å². The molecule has 260 valence electrons. The van der Waals surface area contributed by atoms with Crippen molar-refractivity contribution >= 4 is 55.9 Å². The van der Waals surface area contributed by atoms with Gasteiger partial charge in [-0.3, -0.25) is 29.0 Å². The van der Waals surface area contributed by atoms with Gasteiger partial charge in [-0.1, -0.05) is 158 Å². The van der Waals surface area contributed by atoms with Crippen LogP contribution in [0.1, 0.15) is 52.6 Å². The molecule has 0 atom stereocenters. The van der Waals surface area contributed by atoms with Crippen molar-refractivity contribution < 1.29 is 19.2 Å². The van der Waals surface area contributed by atoms with Crippen molar-refractivity contribution in [3.63, 3.8) is 0 Å². The maximum absolute atomic E-state index is 14.7. The lowest BCUT2D eigenvalue weighted by Gasteiger charge is -2.25. The van der Waals surface area contributed by atoms with Gasteiger partial charge in [0.1, 0.15) is 0 Å². The molecule has 0 radical (unpaired) electrons. The van der Waals surface area contributed by atoms with Crippen molar-refractivity contribution in [1.82, 2.24) is 9.80 Å². The number of benzene rings is 8. The van der Waals surface area contributed by atoms with Gasteiger partial charge in [-0.15, -0.1) is 0 Å². The normalized spacial score (nSPS) is 11.0. The van der Waals surface area contributed by atoms with E-state index in [1.54, 1.807) is 48.5 Å². The molecule has 0 aliphatic heterocycles. The highest BCUT2D eigenvalue weighted by atomic mass is 16.2. The summed E-state index contributed by atoms with van der Waals surface area (Å²) in [5.41, 5.74) is 2.94. The summed E-state index contributed by atoms with van der Waals surface area (Å²) in [6.45, 7) is 0.0856. The molecule has 0 fully saturated rings. The van der Waals surface area contributed by atoms with Gasteiger partial charge in [0.15, 0.2) is 0 Å². The Morgan fingerprint density at radius 2 is 0.593 bits per heavy atom. The minimum atomic E-state index is -0.500. The fourth-order valence-electron chi connectivity index (χ4n) is 7.08. The summed E-state index contributed by atoms with van der Waals surface area (Å²) < 4.78 is 0. The molecule has 0 aliphatic rings. The first-order valence-electron chi connectivity index (χ1n) is 17.8. The summed E-state index contributed by atoms with van der Waals surface area (Å²) in [5.74, 6) is -1.86. The summed E-state index contributed by atoms with van der Waals surface area (Å²) in [7, 11) is 0. The number of imide groups is 2. The first-order valence-corrected chi connectivity index (χ1v) is 17.8. The highest BCUT2D eigenvalue weighted by molar-refractivity contribution is 6.22. The predicted molar refractivity (Wildman–Crippen MR) is 213 cm³/mol. The van der Waals surface area contributed by atoms with Crippen LogP contribution in [-0.4, -0.2) is 33.4 Å². The number of rotatable bonds is 8. The maximum atomic E-state index is 14.7. The zero-order chi connectivity index (χ0) is 37.0. The minimum absolute atomic E-state index is 0.0428. The third-order valence-corrected chi connectivity index (χ3v) is 9.77. The summed E-state index contributed by atoms with van der Waals surface area (Å²) >= 11 is 0. The van der Waals surface area contributed by atoms with Crippen molar-refractivity contribution in [1.29, 1.82) is 0 Å². The van der Waals surface area contributed by atoms with Gasteiger partial charge >= 0.3 is 0 Å². The highest BCUT2D eigenvalue weighted by Crippen LogP contribution is 2.30. The molecule has 8 rings (SSSR count). The number of carbonyl (C=O) groups excluding carboxylic acids is 4. The molecule has 0 aromatic heterocycles. The Bertz CT molecular complexity index is 2510. The third-order valence-electron chi connectivity index (χ3n) is 9.77. The van der Waals surface area contributed by atoms with Crippen molar-refractivity contribution in [2.45, 2.75) is 13.1 Å². The second kappa shape index (κ2) is 14.8. The number of amides is 4. The molecule has 6 nitrogen and oxygen atoms in total. The van der Waals surface area contributed by atoms with E-state index in [4.69, 9.17) is 0 Å². The van der Waals surface area contributed by atoms with Gasteiger partial charge in [0.25, 0.3) is 23.6 Å². The van der Waals surface area contributed by atoms with Crippen LogP contribution in [-0.2, 0) is 13.1 Å². The SMILES string of the molecule is O=C(c1cccc2ccccc12)N(Cc1ccccc1)C(=O)c1ccc(C(=O)N(Cc2ccccc2)C(=O)c2cccc3ccccc23)c2ccccc12. The Balaban J connectivity index is 1.22. The lowest BCUT2D eigenvalue weighted by Crippen LogP contribution is -2.37. The number of nitrogens with zero attached hydrogens (tertiary/aromatic N) is 2. The fourth-order valence-corrected chi connectivity index (χ4v) is 7.08. The van der Waals surface area contributed by atoms with Crippen molar-refractivity contribution in [2.75, 3.05) is 0 Å². The molecule has 0 spiro atoms. The second-order valence-electron chi connectivity index (χ2n) is 13.1. The number of hydrogen-bond donors (Lipinski definition) is 0. The molecular weight excluding hydrogens is 669 g/mol. The molecule has 0 N–H and O–H groups in total. The average molecular weight is 703 g/mol. The smallest absolute Gasteiger partial charge is 0.261 e. The third kappa shape index (κ3) is 6.53. The standard InChI is InChI=1S/C48H34N2O4/c51-45(41-27-13-21-35-19-7-9-23-37(35)41)49(31-33-15-3-1-4-16-33)47(53)43-29-30-44(40-26-12-11-25-39(40)43)48(54)50(32-34-17-5-2-6-18-34)46(52)42-28-14-22-36-20-8-10-24-38(36)42/h1-30H,31-32H2. The van der Waals surface area contributed by atoms with Crippen LogP contribution < -0.4 is 0 Å². The van der Waals surface area contributed by atoms with E-state index in [1.807, 2.05) is 133 Å². The lowest BCUT2D eigenvalue weighted by molar-refractivity contribution is 0.0589. The maximum Gasteiger partial charge on any atom is 0.261 e. The van der Waals surface area contributed by atoms with E-state index in [-0.39, 0.29) is 24.2 Å². The van der Waals surface area contributed by atoms with E-state index in [9.17, 15) is 19.2 Å². The molecule has 8 aromatic carbocycles. The van der Waals surface area contributed by atoms with Crippen LogP contribution >= 0.6 is 0 Å². The van der Waals surface area contributed by atoms with Crippen molar-refractivity contribution in [3.8, 4) is 0 Å². The Labute approximate surface area is 312 Å². The van der Waals surface area contributed by atoms with E-state index < -0.39 is 23.6 Å². The van der Waals surface area contributed by atoms with Crippen LogP contribution in [0, 0.1) is 0 Å². The number of hydrogen-bond acceptors (Lipinski definition) is 4. The number of fused-ring (bicyclic) bond motifs is 3. The van der Waals surface area contributed by atoms with Crippen LogP contribution in [0.5, 0.6) is 0 Å². The molecule has 0 saturated carbocycles. The Morgan fingerprint density at radius 3 is 0.981 bits per heavy atom. The first-order chi connectivity index (χ1) is 26.5. The van der Waals surface area contributed by atoms with E-state index in [2.05, 4.69) is 0 Å². The zero-order valence-corrected chi connectivity index (χ0v) is 29.3. The lowest BCUT2D eigenvalue weighted by atomic mass is 9.96. The summed E-state index contributed by atoms with van der Waals surface area (Å²) in [6, 6.07) is 55.3. The topological polar surface area (TPSA) is 74.8 Å². The summed E-state index contributed by atoms with van der Waals surface area (Å²) in [6.07, 6.45) is 0. The molecule has 0 unspecified atom stereocenters. The van der Waals surface area contributed by atoms with E-state index in [1.165, 1.54) is 9.80 Å². The van der Waals surface area contributed by atoms with Gasteiger partial charge in [0.2, 0.25) is 0 Å². The molecule has 8 aromatic rings. The van der Waals surface area contributed by atoms with Gasteiger partial charge in [-0.2, -0.15) is 0 Å². The van der Waals surface area contributed by atoms with E-state index in [0.29, 0.717) is 21.9 Å². The van der Waals surface area contributed by atoms with E-state index in [0.717, 1.165) is 32.7 Å². The molecular formula is C48H34N2O4. The number of carbonyl (C=O) groups is 4. The summed E-state index contributed by atoms with van der Waals surface area (Å²) in [5, 5.41) is 4.26. The zero-order valence-electron chi connectivity index (χ0n) is 29.3. The van der Waals surface area contributed by atoms with Crippen molar-refractivity contribution in [2.24, 2.45) is 0 Å². The van der Waals surface area contributed by atoms with Crippen LogP contribution in [0.25, 0.3) is 32.3 Å². The molecule has 0 saturated heterocycles. The van der Waals surface area contributed by atoms with E-state index >= 15 is 0 Å². The molecule has 54 heavy (non-hydrogen) atoms. The molecule has 0 aliphatic carbocycles. The first kappa shape index (κ1) is 33.9. The Morgan fingerprint density at radius 1 is 0.296 bits per heavy atom. The largest absolute Gasteiger partial charge is 0.270 e. The van der Waals surface area contributed by atoms with Crippen LogP contribution in [0.3, 0.4) is 0 Å². The monoisotopic (exact) mass is 702 g/mol. The quantitative estimate of drug-likeness (QED) is 0.148. The average Bonchev–Trinajstić information content (AvgIpc) is 3.23. The fraction of sp³-hybridized carbons (Fsp3) is 0.0417. The second-order valence-corrected chi connectivity index (χ2v) is 13.1. The van der Waals surface area contributed by atoms with Gasteiger partial charge in [-0.25, -0.2) is 0 Å². The minimum Gasteiger partial charge on any atom is -0.270 e. The van der Waals surface area contributed by atoms with Gasteiger partial charge in [-0.05, 0) is 67.7 Å². The van der Waals surface area contributed by atoms with Crippen LogP contribution in [0.4, 0.5) is 0 Å². The van der Waals surface area contributed by atoms with Crippen molar-refractivity contribution in [3.05, 3.63) is 215 Å². The van der Waals surface area contributed by atoms with Crippen LogP contribution in [0.15, 0.2) is 182 Å². The van der Waals surface area contributed by atoms with Crippen LogP contribution in [0.2, 0.25) is 0 Å². The predicted octanol–water partition coefficient (Wildman–Crippen LogP) is 10.1.